The fourth-order valence-electron chi connectivity index (χ4n) is 1.07. The van der Waals surface area contributed by atoms with Gasteiger partial charge in [0, 0.05) is 16.7 Å². The lowest BCUT2D eigenvalue weighted by molar-refractivity contribution is -0.131. The van der Waals surface area contributed by atoms with Crippen molar-refractivity contribution < 1.29 is 9.90 Å². The highest BCUT2D eigenvalue weighted by Crippen LogP contribution is 2.17. The van der Waals surface area contributed by atoms with Gasteiger partial charge < -0.3 is 5.11 Å². The van der Waals surface area contributed by atoms with Crippen molar-refractivity contribution in [3.8, 4) is 0 Å². The van der Waals surface area contributed by atoms with Crippen molar-refractivity contribution in [3.63, 3.8) is 0 Å². The molecule has 0 aliphatic carbocycles. The first-order chi connectivity index (χ1) is 6.63. The molecular weight excluding hydrogens is 246 g/mol. The Balaban J connectivity index is 3.01. The highest BCUT2D eigenvalue weighted by Gasteiger charge is 2.02. The van der Waals surface area contributed by atoms with Gasteiger partial charge in [-0.15, -0.1) is 0 Å². The fourth-order valence-corrected chi connectivity index (χ4v) is 1.31. The lowest BCUT2D eigenvalue weighted by Crippen LogP contribution is -1.93. The summed E-state index contributed by atoms with van der Waals surface area (Å²) in [7, 11) is 0. The molecule has 1 aromatic rings. The smallest absolute Gasteiger partial charge is 0.328 e. The predicted molar refractivity (Wildman–Crippen MR) is 57.8 cm³/mol. The second-order valence-corrected chi connectivity index (χ2v) is 3.64. The normalized spacial score (nSPS) is 11.4. The SMILES string of the molecule is CC/C(=C\C(=O)O)c1ccc(Br)cn1. The Bertz CT molecular complexity index is 357. The summed E-state index contributed by atoms with van der Waals surface area (Å²) in [6.45, 7) is 1.90. The molecule has 0 spiro atoms. The first-order valence-corrected chi connectivity index (χ1v) is 4.98. The second-order valence-electron chi connectivity index (χ2n) is 2.72. The van der Waals surface area contributed by atoms with Gasteiger partial charge in [0.1, 0.15) is 0 Å². The number of carbonyl (C=O) groups is 1. The van der Waals surface area contributed by atoms with Crippen molar-refractivity contribution in [1.82, 2.24) is 4.98 Å². The van der Waals surface area contributed by atoms with E-state index >= 15 is 0 Å². The summed E-state index contributed by atoms with van der Waals surface area (Å²) < 4.78 is 0.882. The van der Waals surface area contributed by atoms with Gasteiger partial charge in [0.25, 0.3) is 0 Å². The van der Waals surface area contributed by atoms with E-state index in [0.717, 1.165) is 10.0 Å². The summed E-state index contributed by atoms with van der Waals surface area (Å²) in [5.74, 6) is -0.938. The number of carboxylic acid groups (broad SMARTS) is 1. The Labute approximate surface area is 90.6 Å². The number of carboxylic acids is 1. The standard InChI is InChI=1S/C10H10BrNO2/c1-2-7(5-10(13)14)9-4-3-8(11)6-12-9/h3-6H,2H2,1H3,(H,13,14)/b7-5+. The van der Waals surface area contributed by atoms with Crippen LogP contribution >= 0.6 is 15.9 Å². The zero-order valence-electron chi connectivity index (χ0n) is 7.70. The molecule has 0 aliphatic heterocycles. The van der Waals surface area contributed by atoms with Crippen LogP contribution in [0.1, 0.15) is 19.0 Å². The molecule has 14 heavy (non-hydrogen) atoms. The van der Waals surface area contributed by atoms with Crippen LogP contribution in [-0.2, 0) is 4.79 Å². The second kappa shape index (κ2) is 4.91. The molecule has 0 bridgehead atoms. The quantitative estimate of drug-likeness (QED) is 0.846. The Hall–Kier alpha value is -1.16. The summed E-state index contributed by atoms with van der Waals surface area (Å²) >= 11 is 3.27. The molecule has 1 heterocycles. The zero-order chi connectivity index (χ0) is 10.6. The van der Waals surface area contributed by atoms with Crippen LogP contribution in [-0.4, -0.2) is 16.1 Å². The van der Waals surface area contributed by atoms with Crippen LogP contribution in [0.25, 0.3) is 5.57 Å². The molecule has 1 rings (SSSR count). The minimum absolute atomic E-state index is 0.654. The number of halogens is 1. The van der Waals surface area contributed by atoms with E-state index in [1.807, 2.05) is 13.0 Å². The van der Waals surface area contributed by atoms with E-state index in [1.54, 1.807) is 12.3 Å². The molecule has 1 aromatic heterocycles. The Kier molecular flexibility index (Phi) is 3.83. The van der Waals surface area contributed by atoms with Crippen LogP contribution in [0.5, 0.6) is 0 Å². The Morgan fingerprint density at radius 1 is 1.64 bits per heavy atom. The van der Waals surface area contributed by atoms with Crippen LogP contribution in [0.4, 0.5) is 0 Å². The molecule has 0 saturated carbocycles. The van der Waals surface area contributed by atoms with Gasteiger partial charge in [0.2, 0.25) is 0 Å². The summed E-state index contributed by atoms with van der Waals surface area (Å²) in [5.41, 5.74) is 1.43. The number of rotatable bonds is 3. The van der Waals surface area contributed by atoms with Crippen LogP contribution < -0.4 is 0 Å². The molecule has 0 unspecified atom stereocenters. The third-order valence-electron chi connectivity index (χ3n) is 1.73. The van der Waals surface area contributed by atoms with Gasteiger partial charge in [-0.25, -0.2) is 4.79 Å². The van der Waals surface area contributed by atoms with E-state index < -0.39 is 5.97 Å². The van der Waals surface area contributed by atoms with Crippen molar-refractivity contribution in [2.45, 2.75) is 13.3 Å². The van der Waals surface area contributed by atoms with Gasteiger partial charge >= 0.3 is 5.97 Å². The number of aromatic nitrogens is 1. The van der Waals surface area contributed by atoms with Crippen LogP contribution in [0.2, 0.25) is 0 Å². The molecule has 0 amide bonds. The highest BCUT2D eigenvalue weighted by atomic mass is 79.9. The van der Waals surface area contributed by atoms with Crippen molar-refractivity contribution >= 4 is 27.5 Å². The molecule has 0 atom stereocenters. The maximum atomic E-state index is 10.5. The zero-order valence-corrected chi connectivity index (χ0v) is 9.28. The maximum Gasteiger partial charge on any atom is 0.328 e. The largest absolute Gasteiger partial charge is 0.478 e. The minimum atomic E-state index is -0.938. The molecule has 0 aliphatic rings. The number of hydrogen-bond acceptors (Lipinski definition) is 2. The van der Waals surface area contributed by atoms with Gasteiger partial charge in [0.05, 0.1) is 5.69 Å². The van der Waals surface area contributed by atoms with Crippen LogP contribution in [0.15, 0.2) is 28.9 Å². The highest BCUT2D eigenvalue weighted by molar-refractivity contribution is 9.10. The summed E-state index contributed by atoms with van der Waals surface area (Å²) in [4.78, 5) is 14.6. The molecule has 1 N–H and O–H groups in total. The van der Waals surface area contributed by atoms with Gasteiger partial charge in [-0.3, -0.25) is 4.98 Å². The van der Waals surface area contributed by atoms with Crippen molar-refractivity contribution in [1.29, 1.82) is 0 Å². The number of nitrogens with zero attached hydrogens (tertiary/aromatic N) is 1. The molecule has 0 saturated heterocycles. The van der Waals surface area contributed by atoms with Gasteiger partial charge in [0.15, 0.2) is 0 Å². The Morgan fingerprint density at radius 2 is 2.36 bits per heavy atom. The van der Waals surface area contributed by atoms with Crippen molar-refractivity contribution in [2.24, 2.45) is 0 Å². The molecule has 3 nitrogen and oxygen atoms in total. The van der Waals surface area contributed by atoms with E-state index in [0.29, 0.717) is 12.1 Å². The third-order valence-corrected chi connectivity index (χ3v) is 2.20. The minimum Gasteiger partial charge on any atom is -0.478 e. The first kappa shape index (κ1) is 10.9. The predicted octanol–water partition coefficient (Wildman–Crippen LogP) is 2.72. The Morgan fingerprint density at radius 3 is 2.79 bits per heavy atom. The van der Waals surface area contributed by atoms with Crippen molar-refractivity contribution in [2.75, 3.05) is 0 Å². The number of hydrogen-bond donors (Lipinski definition) is 1. The monoisotopic (exact) mass is 255 g/mol. The number of aliphatic carboxylic acids is 1. The molecule has 74 valence electrons. The number of pyridine rings is 1. The molecule has 0 fully saturated rings. The van der Waals surface area contributed by atoms with Gasteiger partial charge in [-0.05, 0) is 40.1 Å². The lowest BCUT2D eigenvalue weighted by atomic mass is 10.1. The third kappa shape index (κ3) is 2.96. The average molecular weight is 256 g/mol. The van der Waals surface area contributed by atoms with E-state index in [4.69, 9.17) is 5.11 Å². The van der Waals surface area contributed by atoms with Gasteiger partial charge in [-0.1, -0.05) is 6.92 Å². The fraction of sp³-hybridized carbons (Fsp3) is 0.200. The summed E-state index contributed by atoms with van der Waals surface area (Å²) in [6.07, 6.45) is 3.50. The molecule has 0 radical (unpaired) electrons. The van der Waals surface area contributed by atoms with E-state index in [9.17, 15) is 4.79 Å². The first-order valence-electron chi connectivity index (χ1n) is 4.19. The molecule has 0 aromatic carbocycles. The van der Waals surface area contributed by atoms with E-state index in [1.165, 1.54) is 6.08 Å². The van der Waals surface area contributed by atoms with E-state index in [2.05, 4.69) is 20.9 Å². The van der Waals surface area contributed by atoms with E-state index in [-0.39, 0.29) is 0 Å². The number of allylic oxidation sites excluding steroid dienone is 1. The average Bonchev–Trinajstić information content (AvgIpc) is 2.15. The molecular formula is C10H10BrNO2. The lowest BCUT2D eigenvalue weighted by Gasteiger charge is -2.02. The molecule has 4 heteroatoms. The topological polar surface area (TPSA) is 50.2 Å². The maximum absolute atomic E-state index is 10.5. The summed E-state index contributed by atoms with van der Waals surface area (Å²) in [5, 5.41) is 8.62. The van der Waals surface area contributed by atoms with Gasteiger partial charge in [-0.2, -0.15) is 0 Å². The van der Waals surface area contributed by atoms with Crippen LogP contribution in [0.3, 0.4) is 0 Å². The van der Waals surface area contributed by atoms with Crippen molar-refractivity contribution in [3.05, 3.63) is 34.6 Å². The summed E-state index contributed by atoms with van der Waals surface area (Å²) in [6, 6.07) is 3.63. The van der Waals surface area contributed by atoms with Crippen LogP contribution in [0, 0.1) is 0 Å².